The van der Waals surface area contributed by atoms with Gasteiger partial charge < -0.3 is 10.2 Å². The maximum atomic E-state index is 14.0. The maximum absolute atomic E-state index is 14.0. The summed E-state index contributed by atoms with van der Waals surface area (Å²) in [6.45, 7) is 6.16. The molecule has 1 N–H and O–H groups in total. The fourth-order valence-electron chi connectivity index (χ4n) is 4.33. The van der Waals surface area contributed by atoms with E-state index in [2.05, 4.69) is 5.32 Å². The fourth-order valence-corrected chi connectivity index (χ4v) is 5.18. The zero-order valence-corrected chi connectivity index (χ0v) is 24.1. The number of hydrogen-bond donors (Lipinski definition) is 1. The summed E-state index contributed by atoms with van der Waals surface area (Å²) in [6, 6.07) is 23.5. The van der Waals surface area contributed by atoms with E-state index in [0.717, 1.165) is 45.7 Å². The summed E-state index contributed by atoms with van der Waals surface area (Å²) < 4.78 is 26.9. The highest BCUT2D eigenvalue weighted by molar-refractivity contribution is 7.92. The number of amides is 2. The minimum absolute atomic E-state index is 0.170. The summed E-state index contributed by atoms with van der Waals surface area (Å²) in [6.07, 6.45) is 3.15. The van der Waals surface area contributed by atoms with Gasteiger partial charge in [-0.25, -0.2) is 8.42 Å². The molecule has 0 aliphatic carbocycles. The molecule has 0 heterocycles. The van der Waals surface area contributed by atoms with Crippen molar-refractivity contribution in [1.82, 2.24) is 10.2 Å². The third-order valence-electron chi connectivity index (χ3n) is 6.75. The number of rotatable bonds is 13. The van der Waals surface area contributed by atoms with E-state index < -0.39 is 28.5 Å². The molecule has 3 rings (SSSR count). The van der Waals surface area contributed by atoms with Gasteiger partial charge in [0.15, 0.2) is 0 Å². The Balaban J connectivity index is 2.02. The summed E-state index contributed by atoms with van der Waals surface area (Å²) in [4.78, 5) is 29.1. The summed E-state index contributed by atoms with van der Waals surface area (Å²) in [7, 11) is -3.79. The monoisotopic (exact) mass is 549 g/mol. The molecule has 8 heteroatoms. The van der Waals surface area contributed by atoms with Gasteiger partial charge in [0.05, 0.1) is 11.9 Å². The van der Waals surface area contributed by atoms with Crippen molar-refractivity contribution in [3.05, 3.63) is 101 Å². The van der Waals surface area contributed by atoms with Crippen molar-refractivity contribution in [2.75, 3.05) is 23.7 Å². The van der Waals surface area contributed by atoms with Crippen LogP contribution in [-0.2, 0) is 32.6 Å². The molecule has 0 aliphatic rings. The minimum atomic E-state index is -3.79. The summed E-state index contributed by atoms with van der Waals surface area (Å²) in [5.74, 6) is -0.706. The van der Waals surface area contributed by atoms with Crippen LogP contribution in [0.25, 0.3) is 0 Å². The molecule has 0 bridgehead atoms. The molecular weight excluding hydrogens is 510 g/mol. The number of carbonyl (C=O) groups excluding carboxylic acids is 2. The van der Waals surface area contributed by atoms with E-state index in [9.17, 15) is 18.0 Å². The Morgan fingerprint density at radius 2 is 1.49 bits per heavy atom. The van der Waals surface area contributed by atoms with Gasteiger partial charge in [0.1, 0.15) is 12.6 Å². The molecule has 3 aromatic rings. The number of hydrogen-bond acceptors (Lipinski definition) is 4. The highest BCUT2D eigenvalue weighted by Crippen LogP contribution is 2.23. The first kappa shape index (κ1) is 29.9. The molecule has 0 radical (unpaired) electrons. The van der Waals surface area contributed by atoms with Gasteiger partial charge in [-0.05, 0) is 54.7 Å². The second-order valence-corrected chi connectivity index (χ2v) is 11.8. The lowest BCUT2D eigenvalue weighted by Crippen LogP contribution is -2.53. The standard InChI is InChI=1S/C31H39N3O4S/c1-5-6-19-32-31(36)29(21-26-13-9-7-10-14-26)33(22-27-15-11-8-12-16-27)30(35)23-34(39(4,37)38)28-18-17-24(2)25(3)20-28/h7-18,20,29H,5-6,19,21-23H2,1-4H3,(H,32,36). The molecule has 1 atom stereocenters. The van der Waals surface area contributed by atoms with Crippen molar-refractivity contribution in [1.29, 1.82) is 0 Å². The van der Waals surface area contributed by atoms with Crippen LogP contribution in [-0.4, -0.2) is 50.5 Å². The van der Waals surface area contributed by atoms with Crippen LogP contribution in [0.15, 0.2) is 78.9 Å². The van der Waals surface area contributed by atoms with Gasteiger partial charge in [-0.15, -0.1) is 0 Å². The van der Waals surface area contributed by atoms with Crippen LogP contribution in [0.1, 0.15) is 42.0 Å². The van der Waals surface area contributed by atoms with Crippen molar-refractivity contribution in [3.8, 4) is 0 Å². The molecule has 0 fully saturated rings. The summed E-state index contributed by atoms with van der Waals surface area (Å²) in [5, 5.41) is 2.99. The number of nitrogens with zero attached hydrogens (tertiary/aromatic N) is 2. The largest absolute Gasteiger partial charge is 0.354 e. The molecule has 0 spiro atoms. The first-order valence-corrected chi connectivity index (χ1v) is 15.1. The Morgan fingerprint density at radius 3 is 2.05 bits per heavy atom. The molecule has 0 saturated carbocycles. The van der Waals surface area contributed by atoms with Gasteiger partial charge in [0, 0.05) is 19.5 Å². The Kier molecular flexibility index (Phi) is 10.7. The number of sulfonamides is 1. The van der Waals surface area contributed by atoms with E-state index in [1.165, 1.54) is 4.90 Å². The first-order valence-electron chi connectivity index (χ1n) is 13.3. The third-order valence-corrected chi connectivity index (χ3v) is 7.89. The Morgan fingerprint density at radius 1 is 0.872 bits per heavy atom. The average Bonchev–Trinajstić information content (AvgIpc) is 2.91. The van der Waals surface area contributed by atoms with Crippen molar-refractivity contribution in [2.24, 2.45) is 0 Å². The zero-order chi connectivity index (χ0) is 28.4. The van der Waals surface area contributed by atoms with Gasteiger partial charge in [-0.1, -0.05) is 80.1 Å². The SMILES string of the molecule is CCCCNC(=O)C(Cc1ccccc1)N(Cc1ccccc1)C(=O)CN(c1ccc(C)c(C)c1)S(C)(=O)=O. The third kappa shape index (κ3) is 8.68. The normalized spacial score (nSPS) is 12.0. The zero-order valence-electron chi connectivity index (χ0n) is 23.3. The lowest BCUT2D eigenvalue weighted by atomic mass is 10.0. The van der Waals surface area contributed by atoms with Crippen molar-refractivity contribution >= 4 is 27.5 Å². The van der Waals surface area contributed by atoms with Crippen LogP contribution >= 0.6 is 0 Å². The Hall–Kier alpha value is -3.65. The molecular formula is C31H39N3O4S. The van der Waals surface area contributed by atoms with Gasteiger partial charge in [0.25, 0.3) is 0 Å². The molecule has 7 nitrogen and oxygen atoms in total. The maximum Gasteiger partial charge on any atom is 0.244 e. The molecule has 39 heavy (non-hydrogen) atoms. The van der Waals surface area contributed by atoms with Gasteiger partial charge in [-0.2, -0.15) is 0 Å². The van der Waals surface area contributed by atoms with Crippen LogP contribution < -0.4 is 9.62 Å². The smallest absolute Gasteiger partial charge is 0.244 e. The number of anilines is 1. The predicted octanol–water partition coefficient (Wildman–Crippen LogP) is 4.63. The van der Waals surface area contributed by atoms with Crippen LogP contribution in [0, 0.1) is 13.8 Å². The van der Waals surface area contributed by atoms with Crippen LogP contribution in [0.3, 0.4) is 0 Å². The highest BCUT2D eigenvalue weighted by Gasteiger charge is 2.33. The number of aryl methyl sites for hydroxylation is 2. The van der Waals surface area contributed by atoms with Crippen LogP contribution in [0.5, 0.6) is 0 Å². The predicted molar refractivity (Wildman–Crippen MR) is 157 cm³/mol. The topological polar surface area (TPSA) is 86.8 Å². The number of benzene rings is 3. The van der Waals surface area contributed by atoms with E-state index in [0.29, 0.717) is 18.7 Å². The second kappa shape index (κ2) is 13.9. The molecule has 208 valence electrons. The van der Waals surface area contributed by atoms with Crippen LogP contribution in [0.4, 0.5) is 5.69 Å². The van der Waals surface area contributed by atoms with Crippen LogP contribution in [0.2, 0.25) is 0 Å². The summed E-state index contributed by atoms with van der Waals surface area (Å²) in [5.41, 5.74) is 4.12. The minimum Gasteiger partial charge on any atom is -0.354 e. The average molecular weight is 550 g/mol. The molecule has 0 saturated heterocycles. The highest BCUT2D eigenvalue weighted by atomic mass is 32.2. The lowest BCUT2D eigenvalue weighted by molar-refractivity contribution is -0.140. The van der Waals surface area contributed by atoms with E-state index in [1.807, 2.05) is 87.5 Å². The van der Waals surface area contributed by atoms with Crippen molar-refractivity contribution in [2.45, 2.75) is 52.6 Å². The Bertz CT molecular complexity index is 1340. The van der Waals surface area contributed by atoms with Gasteiger partial charge in [-0.3, -0.25) is 13.9 Å². The van der Waals surface area contributed by atoms with E-state index in [4.69, 9.17) is 0 Å². The molecule has 1 unspecified atom stereocenters. The fraction of sp³-hybridized carbons (Fsp3) is 0.355. The van der Waals surface area contributed by atoms with E-state index in [1.54, 1.807) is 12.1 Å². The molecule has 2 amide bonds. The molecule has 3 aromatic carbocycles. The van der Waals surface area contributed by atoms with Gasteiger partial charge in [0.2, 0.25) is 21.8 Å². The molecule has 0 aromatic heterocycles. The van der Waals surface area contributed by atoms with E-state index >= 15 is 0 Å². The second-order valence-electron chi connectivity index (χ2n) is 9.90. The Labute approximate surface area is 232 Å². The van der Waals surface area contributed by atoms with Crippen molar-refractivity contribution < 1.29 is 18.0 Å². The number of carbonyl (C=O) groups is 2. The summed E-state index contributed by atoms with van der Waals surface area (Å²) >= 11 is 0. The molecule has 0 aliphatic heterocycles. The lowest BCUT2D eigenvalue weighted by Gasteiger charge is -2.33. The van der Waals surface area contributed by atoms with Gasteiger partial charge >= 0.3 is 0 Å². The number of unbranched alkanes of at least 4 members (excludes halogenated alkanes) is 1. The number of nitrogens with one attached hydrogen (secondary N) is 1. The van der Waals surface area contributed by atoms with Crippen molar-refractivity contribution in [3.63, 3.8) is 0 Å². The quantitative estimate of drug-likeness (QED) is 0.315. The first-order chi connectivity index (χ1) is 18.6. The van der Waals surface area contributed by atoms with E-state index in [-0.39, 0.29) is 12.5 Å².